The third-order valence-electron chi connectivity index (χ3n) is 3.58. The van der Waals surface area contributed by atoms with Crippen molar-refractivity contribution < 1.29 is 9.53 Å². The highest BCUT2D eigenvalue weighted by atomic mass is 16.5. The number of hydrogen-bond acceptors (Lipinski definition) is 4. The fourth-order valence-electron chi connectivity index (χ4n) is 2.33. The Labute approximate surface area is 134 Å². The topological polar surface area (TPSA) is 57.0 Å². The minimum atomic E-state index is -0.459. The lowest BCUT2D eigenvalue weighted by molar-refractivity contribution is 0.0851. The zero-order chi connectivity index (χ0) is 16.4. The number of ketones is 1. The van der Waals surface area contributed by atoms with Crippen LogP contribution in [0.5, 0.6) is 5.75 Å². The zero-order valence-electron chi connectivity index (χ0n) is 13.5. The minimum Gasteiger partial charge on any atom is -0.470 e. The largest absolute Gasteiger partial charge is 0.470 e. The Morgan fingerprint density at radius 2 is 1.78 bits per heavy atom. The fraction of sp³-hybridized carbons (Fsp3) is 0.278. The molecule has 0 saturated carbocycles. The summed E-state index contributed by atoms with van der Waals surface area (Å²) >= 11 is 0. The summed E-state index contributed by atoms with van der Waals surface area (Å²) < 4.78 is 7.52. The van der Waals surface area contributed by atoms with E-state index >= 15 is 0 Å². The van der Waals surface area contributed by atoms with E-state index in [2.05, 4.69) is 10.3 Å². The molecule has 0 bridgehead atoms. The predicted octanol–water partition coefficient (Wildman–Crippen LogP) is 3.70. The van der Waals surface area contributed by atoms with Crippen molar-refractivity contribution in [1.29, 1.82) is 0 Å². The van der Waals surface area contributed by atoms with E-state index in [-0.39, 0.29) is 12.5 Å². The van der Waals surface area contributed by atoms with Crippen molar-refractivity contribution in [2.75, 3.05) is 0 Å². The summed E-state index contributed by atoms with van der Waals surface area (Å²) in [7, 11) is 0. The zero-order valence-corrected chi connectivity index (χ0v) is 13.5. The molecule has 0 atom stereocenters. The number of aromatic nitrogens is 3. The molecule has 0 saturated heterocycles. The van der Waals surface area contributed by atoms with Gasteiger partial charge in [-0.25, -0.2) is 4.68 Å². The summed E-state index contributed by atoms with van der Waals surface area (Å²) in [5.74, 6) is 0.614. The van der Waals surface area contributed by atoms with Gasteiger partial charge in [0.25, 0.3) is 0 Å². The summed E-state index contributed by atoms with van der Waals surface area (Å²) in [6.45, 7) is 5.90. The molecule has 3 aromatic rings. The van der Waals surface area contributed by atoms with Gasteiger partial charge in [0.1, 0.15) is 11.3 Å². The number of para-hydroxylation sites is 2. The maximum absolute atomic E-state index is 12.5. The maximum Gasteiger partial charge on any atom is 0.183 e. The highest BCUT2D eigenvalue weighted by molar-refractivity contribution is 6.02. The number of rotatable bonds is 4. The lowest BCUT2D eigenvalue weighted by atomic mass is 9.86. The normalized spacial score (nSPS) is 11.6. The number of nitrogens with zero attached hydrogens (tertiary/aromatic N) is 3. The highest BCUT2D eigenvalue weighted by Crippen LogP contribution is 2.27. The third kappa shape index (κ3) is 3.08. The summed E-state index contributed by atoms with van der Waals surface area (Å²) in [5, 5.41) is 8.18. The molecule has 0 aliphatic carbocycles. The van der Waals surface area contributed by atoms with Gasteiger partial charge in [0.05, 0.1) is 11.1 Å². The second-order valence-electron chi connectivity index (χ2n) is 6.43. The third-order valence-corrected chi connectivity index (χ3v) is 3.58. The molecule has 118 valence electrons. The van der Waals surface area contributed by atoms with Crippen LogP contribution >= 0.6 is 0 Å². The minimum absolute atomic E-state index is 0.0524. The van der Waals surface area contributed by atoms with Gasteiger partial charge in [0.15, 0.2) is 12.5 Å². The van der Waals surface area contributed by atoms with Crippen LogP contribution in [0, 0.1) is 5.41 Å². The van der Waals surface area contributed by atoms with Crippen LogP contribution in [0.1, 0.15) is 31.1 Å². The lowest BCUT2D eigenvalue weighted by Gasteiger charge is -2.19. The van der Waals surface area contributed by atoms with E-state index in [0.717, 1.165) is 11.0 Å². The molecule has 0 aliphatic heterocycles. The molecule has 0 radical (unpaired) electrons. The molecule has 5 heteroatoms. The molecule has 0 spiro atoms. The number of hydrogen-bond donors (Lipinski definition) is 0. The van der Waals surface area contributed by atoms with Gasteiger partial charge in [-0.1, -0.05) is 50.3 Å². The number of Topliss-reactive ketones (excluding diaryl/α,β-unsaturated/α-hetero) is 1. The molecule has 1 aromatic heterocycles. The molecule has 0 aliphatic rings. The Bertz CT molecular complexity index is 847. The van der Waals surface area contributed by atoms with Crippen LogP contribution < -0.4 is 4.74 Å². The Balaban J connectivity index is 1.85. The van der Waals surface area contributed by atoms with Gasteiger partial charge < -0.3 is 4.74 Å². The quantitative estimate of drug-likeness (QED) is 0.690. The van der Waals surface area contributed by atoms with E-state index in [0.29, 0.717) is 11.3 Å². The molecule has 2 aromatic carbocycles. The van der Waals surface area contributed by atoms with E-state index < -0.39 is 5.41 Å². The monoisotopic (exact) mass is 309 g/mol. The first kappa shape index (κ1) is 15.2. The van der Waals surface area contributed by atoms with Gasteiger partial charge in [0.2, 0.25) is 0 Å². The van der Waals surface area contributed by atoms with E-state index in [4.69, 9.17) is 4.74 Å². The molecule has 23 heavy (non-hydrogen) atoms. The van der Waals surface area contributed by atoms with Crippen LogP contribution in [0.3, 0.4) is 0 Å². The van der Waals surface area contributed by atoms with Gasteiger partial charge in [0, 0.05) is 5.41 Å². The second-order valence-corrected chi connectivity index (χ2v) is 6.43. The summed E-state index contributed by atoms with van der Waals surface area (Å²) in [6.07, 6.45) is 0. The van der Waals surface area contributed by atoms with Crippen LogP contribution in [-0.2, 0) is 6.73 Å². The Morgan fingerprint density at radius 1 is 1.09 bits per heavy atom. The number of carbonyl (C=O) groups excluding carboxylic acids is 1. The van der Waals surface area contributed by atoms with Crippen LogP contribution in [0.15, 0.2) is 48.5 Å². The number of fused-ring (bicyclic) bond motifs is 1. The van der Waals surface area contributed by atoms with E-state index in [9.17, 15) is 4.79 Å². The van der Waals surface area contributed by atoms with Crippen molar-refractivity contribution in [3.05, 3.63) is 54.1 Å². The SMILES string of the molecule is CC(C)(C)C(=O)c1ccccc1OCn1nnc2ccccc21. The van der Waals surface area contributed by atoms with Crippen molar-refractivity contribution in [3.63, 3.8) is 0 Å². The van der Waals surface area contributed by atoms with Gasteiger partial charge in [-0.15, -0.1) is 5.10 Å². The van der Waals surface area contributed by atoms with Crippen molar-refractivity contribution in [3.8, 4) is 5.75 Å². The standard InChI is InChI=1S/C18H19N3O2/c1-18(2,3)17(22)13-8-4-7-11-16(13)23-12-21-15-10-6-5-9-14(15)19-20-21/h4-11H,12H2,1-3H3. The number of ether oxygens (including phenoxy) is 1. The predicted molar refractivity (Wildman–Crippen MR) is 88.4 cm³/mol. The van der Waals surface area contributed by atoms with Gasteiger partial charge in [-0.2, -0.15) is 0 Å². The van der Waals surface area contributed by atoms with Crippen LogP contribution in [-0.4, -0.2) is 20.8 Å². The lowest BCUT2D eigenvalue weighted by Crippen LogP contribution is -2.21. The van der Waals surface area contributed by atoms with Gasteiger partial charge in [-0.3, -0.25) is 4.79 Å². The average molecular weight is 309 g/mol. The summed E-state index contributed by atoms with van der Waals surface area (Å²) in [5.41, 5.74) is 1.84. The first-order chi connectivity index (χ1) is 11.0. The van der Waals surface area contributed by atoms with Crippen LogP contribution in [0.25, 0.3) is 11.0 Å². The fourth-order valence-corrected chi connectivity index (χ4v) is 2.33. The molecule has 0 amide bonds. The highest BCUT2D eigenvalue weighted by Gasteiger charge is 2.25. The van der Waals surface area contributed by atoms with E-state index in [1.54, 1.807) is 16.8 Å². The van der Waals surface area contributed by atoms with Crippen molar-refractivity contribution in [2.45, 2.75) is 27.5 Å². The molecule has 1 heterocycles. The molecule has 5 nitrogen and oxygen atoms in total. The smallest absolute Gasteiger partial charge is 0.183 e. The molecule has 0 fully saturated rings. The second kappa shape index (κ2) is 5.83. The Morgan fingerprint density at radius 3 is 2.57 bits per heavy atom. The number of carbonyl (C=O) groups is 1. The molecule has 3 rings (SSSR count). The molecule has 0 unspecified atom stereocenters. The van der Waals surface area contributed by atoms with Crippen LogP contribution in [0.4, 0.5) is 0 Å². The van der Waals surface area contributed by atoms with Crippen LogP contribution in [0.2, 0.25) is 0 Å². The molecule has 0 N–H and O–H groups in total. The van der Waals surface area contributed by atoms with Gasteiger partial charge in [-0.05, 0) is 24.3 Å². The first-order valence-electron chi connectivity index (χ1n) is 7.52. The summed E-state index contributed by atoms with van der Waals surface area (Å²) in [4.78, 5) is 12.5. The van der Waals surface area contributed by atoms with Crippen molar-refractivity contribution in [1.82, 2.24) is 15.0 Å². The first-order valence-corrected chi connectivity index (χ1v) is 7.52. The van der Waals surface area contributed by atoms with E-state index in [1.807, 2.05) is 57.2 Å². The van der Waals surface area contributed by atoms with Gasteiger partial charge >= 0.3 is 0 Å². The van der Waals surface area contributed by atoms with E-state index in [1.165, 1.54) is 0 Å². The maximum atomic E-state index is 12.5. The average Bonchev–Trinajstić information content (AvgIpc) is 2.95. The Kier molecular flexibility index (Phi) is 3.86. The molecular weight excluding hydrogens is 290 g/mol. The Hall–Kier alpha value is -2.69. The van der Waals surface area contributed by atoms with Crippen molar-refractivity contribution >= 4 is 16.8 Å². The molecular formula is C18H19N3O2. The van der Waals surface area contributed by atoms with Crippen molar-refractivity contribution in [2.24, 2.45) is 5.41 Å². The number of benzene rings is 2. The summed E-state index contributed by atoms with van der Waals surface area (Å²) in [6, 6.07) is 15.0.